The molecule has 1 aromatic carbocycles. The van der Waals surface area contributed by atoms with E-state index in [1.54, 1.807) is 13.0 Å². The van der Waals surface area contributed by atoms with E-state index in [0.29, 0.717) is 11.0 Å². The number of hydrogen-bond donors (Lipinski definition) is 1. The molecule has 0 saturated heterocycles. The fraction of sp³-hybridized carbons (Fsp3) is 0.111. The van der Waals surface area contributed by atoms with Crippen LogP contribution in [0.15, 0.2) is 42.6 Å². The second kappa shape index (κ2) is 7.71. The van der Waals surface area contributed by atoms with E-state index in [2.05, 4.69) is 34.8 Å². The number of aromatic nitrogens is 6. The third-order valence-corrected chi connectivity index (χ3v) is 4.61. The summed E-state index contributed by atoms with van der Waals surface area (Å²) < 4.78 is 57.8. The number of pyridine rings is 1. The number of nitrogens with zero attached hydrogens (tertiary/aromatic N) is 6. The maximum Gasteiger partial charge on any atom is 0.433 e. The van der Waals surface area contributed by atoms with E-state index in [-0.39, 0.29) is 28.5 Å². The van der Waals surface area contributed by atoms with Gasteiger partial charge in [0.2, 0.25) is 11.1 Å². The quantitative estimate of drug-likeness (QED) is 0.468. The topological polar surface area (TPSA) is 89.4 Å². The van der Waals surface area contributed by atoms with Crippen molar-refractivity contribution in [3.63, 3.8) is 0 Å². The Balaban J connectivity index is 1.85. The predicted molar refractivity (Wildman–Crippen MR) is 101 cm³/mol. The molecule has 152 valence electrons. The average molecular weight is 433 g/mol. The maximum atomic E-state index is 14.5. The number of halogens is 4. The number of alkyl halides is 3. The second-order valence-corrected chi connectivity index (χ2v) is 6.76. The number of nitrogens with one attached hydrogen (secondary N) is 1. The molecule has 12 heteroatoms. The highest BCUT2D eigenvalue weighted by molar-refractivity contribution is 7.09. The summed E-state index contributed by atoms with van der Waals surface area (Å²) in [6.45, 7) is 1.70. The minimum atomic E-state index is -4.65. The molecule has 4 rings (SSSR count). The monoisotopic (exact) mass is 433 g/mol. The van der Waals surface area contributed by atoms with Gasteiger partial charge < -0.3 is 0 Å². The van der Waals surface area contributed by atoms with Crippen LogP contribution < -0.4 is 5.32 Å². The molecule has 4 aromatic rings. The first-order valence-electron chi connectivity index (χ1n) is 8.42. The van der Waals surface area contributed by atoms with Crippen LogP contribution in [0.25, 0.3) is 22.5 Å². The van der Waals surface area contributed by atoms with Crippen molar-refractivity contribution in [3.05, 3.63) is 59.9 Å². The standard InChI is InChI=1S/C18H11F4N7S/c1-9-24-17(30-29-9)26-16-25-15(11-4-2-3-5-12(11)19)14(27-28-16)10-6-7-23-13(8-10)18(20,21)22/h2-8H,1H3,(H,24,25,26,28,29). The fourth-order valence-electron chi connectivity index (χ4n) is 2.59. The van der Waals surface area contributed by atoms with Gasteiger partial charge in [-0.3, -0.25) is 10.3 Å². The van der Waals surface area contributed by atoms with Gasteiger partial charge in [-0.2, -0.15) is 17.5 Å². The minimum absolute atomic E-state index is 0.00162. The lowest BCUT2D eigenvalue weighted by Crippen LogP contribution is -2.08. The van der Waals surface area contributed by atoms with Crippen LogP contribution in [0.1, 0.15) is 11.5 Å². The summed E-state index contributed by atoms with van der Waals surface area (Å²) in [6.07, 6.45) is -3.65. The van der Waals surface area contributed by atoms with E-state index in [9.17, 15) is 17.6 Å². The molecule has 0 aliphatic heterocycles. The van der Waals surface area contributed by atoms with Crippen molar-refractivity contribution >= 4 is 22.6 Å². The van der Waals surface area contributed by atoms with Gasteiger partial charge in [-0.25, -0.2) is 14.4 Å². The molecule has 0 atom stereocenters. The summed E-state index contributed by atoms with van der Waals surface area (Å²) in [5, 5.41) is 11.1. The van der Waals surface area contributed by atoms with Crippen LogP contribution in [0.4, 0.5) is 28.6 Å². The zero-order valence-corrected chi connectivity index (χ0v) is 16.0. The summed E-state index contributed by atoms with van der Waals surface area (Å²) in [7, 11) is 0. The van der Waals surface area contributed by atoms with Crippen LogP contribution in [0, 0.1) is 12.7 Å². The zero-order chi connectivity index (χ0) is 21.3. The van der Waals surface area contributed by atoms with Gasteiger partial charge >= 0.3 is 6.18 Å². The minimum Gasteiger partial charge on any atom is -0.297 e. The van der Waals surface area contributed by atoms with Gasteiger partial charge in [0.25, 0.3) is 0 Å². The molecule has 0 fully saturated rings. The first kappa shape index (κ1) is 19.8. The van der Waals surface area contributed by atoms with Gasteiger partial charge in [-0.05, 0) is 31.2 Å². The highest BCUT2D eigenvalue weighted by Gasteiger charge is 2.33. The van der Waals surface area contributed by atoms with Gasteiger partial charge in [0.15, 0.2) is 0 Å². The first-order chi connectivity index (χ1) is 14.3. The molecule has 1 N–H and O–H groups in total. The average Bonchev–Trinajstić information content (AvgIpc) is 3.12. The van der Waals surface area contributed by atoms with Crippen molar-refractivity contribution in [1.29, 1.82) is 0 Å². The van der Waals surface area contributed by atoms with E-state index < -0.39 is 17.7 Å². The molecule has 3 aromatic heterocycles. The third kappa shape index (κ3) is 4.08. The van der Waals surface area contributed by atoms with Crippen molar-refractivity contribution in [2.24, 2.45) is 0 Å². The number of anilines is 2. The van der Waals surface area contributed by atoms with Crippen LogP contribution in [-0.2, 0) is 6.18 Å². The zero-order valence-electron chi connectivity index (χ0n) is 15.1. The Morgan fingerprint density at radius 3 is 2.50 bits per heavy atom. The van der Waals surface area contributed by atoms with Crippen molar-refractivity contribution < 1.29 is 17.6 Å². The van der Waals surface area contributed by atoms with E-state index in [0.717, 1.165) is 23.8 Å². The second-order valence-electron chi connectivity index (χ2n) is 6.01. The lowest BCUT2D eigenvalue weighted by Gasteiger charge is -2.12. The maximum absolute atomic E-state index is 14.5. The van der Waals surface area contributed by atoms with Crippen LogP contribution in [0.3, 0.4) is 0 Å². The fourth-order valence-corrected chi connectivity index (χ4v) is 3.16. The Labute approximate surface area is 171 Å². The summed E-state index contributed by atoms with van der Waals surface area (Å²) >= 11 is 1.07. The number of rotatable bonds is 4. The molecular formula is C18H11F4N7S. The molecular weight excluding hydrogens is 422 g/mol. The number of aryl methyl sites for hydroxylation is 1. The summed E-state index contributed by atoms with van der Waals surface area (Å²) in [5.41, 5.74) is -0.996. The lowest BCUT2D eigenvalue weighted by atomic mass is 10.0. The van der Waals surface area contributed by atoms with Crippen molar-refractivity contribution in [2.45, 2.75) is 13.1 Å². The van der Waals surface area contributed by atoms with E-state index in [4.69, 9.17) is 0 Å². The van der Waals surface area contributed by atoms with Crippen molar-refractivity contribution in [2.75, 3.05) is 5.32 Å². The van der Waals surface area contributed by atoms with Gasteiger partial charge in [0.05, 0.1) is 0 Å². The van der Waals surface area contributed by atoms with Gasteiger partial charge in [-0.15, -0.1) is 10.2 Å². The molecule has 0 aliphatic carbocycles. The third-order valence-electron chi connectivity index (χ3n) is 3.89. The Hall–Kier alpha value is -3.54. The Kier molecular flexibility index (Phi) is 5.08. The van der Waals surface area contributed by atoms with Gasteiger partial charge in [-0.1, -0.05) is 12.1 Å². The van der Waals surface area contributed by atoms with Crippen molar-refractivity contribution in [3.8, 4) is 22.5 Å². The van der Waals surface area contributed by atoms with Crippen molar-refractivity contribution in [1.82, 2.24) is 29.5 Å². The predicted octanol–water partition coefficient (Wildman–Crippen LogP) is 4.66. The van der Waals surface area contributed by atoms with Crippen LogP contribution in [0.2, 0.25) is 0 Å². The lowest BCUT2D eigenvalue weighted by molar-refractivity contribution is -0.141. The summed E-state index contributed by atoms with van der Waals surface area (Å²) in [6, 6.07) is 7.89. The Morgan fingerprint density at radius 1 is 1.00 bits per heavy atom. The molecule has 0 bridgehead atoms. The largest absolute Gasteiger partial charge is 0.433 e. The molecule has 0 radical (unpaired) electrons. The molecule has 0 unspecified atom stereocenters. The number of benzene rings is 1. The van der Waals surface area contributed by atoms with E-state index in [1.807, 2.05) is 0 Å². The normalized spacial score (nSPS) is 11.5. The summed E-state index contributed by atoms with van der Waals surface area (Å²) in [5.74, 6) is -0.0711. The van der Waals surface area contributed by atoms with E-state index >= 15 is 0 Å². The van der Waals surface area contributed by atoms with Crippen LogP contribution >= 0.6 is 11.5 Å². The SMILES string of the molecule is Cc1nsc(Nc2nnc(-c3ccnc(C(F)(F)F)c3)c(-c3ccccc3F)n2)n1. The Morgan fingerprint density at radius 2 is 1.80 bits per heavy atom. The molecule has 0 amide bonds. The van der Waals surface area contributed by atoms with Crippen LogP contribution in [0.5, 0.6) is 0 Å². The van der Waals surface area contributed by atoms with Gasteiger partial charge in [0, 0.05) is 28.9 Å². The first-order valence-corrected chi connectivity index (χ1v) is 9.19. The molecule has 30 heavy (non-hydrogen) atoms. The number of hydrogen-bond acceptors (Lipinski definition) is 8. The van der Waals surface area contributed by atoms with Crippen LogP contribution in [-0.4, -0.2) is 29.5 Å². The Bertz CT molecular complexity index is 1210. The highest BCUT2D eigenvalue weighted by atomic mass is 32.1. The molecule has 0 saturated carbocycles. The molecule has 0 aliphatic rings. The molecule has 0 spiro atoms. The molecule has 7 nitrogen and oxygen atoms in total. The smallest absolute Gasteiger partial charge is 0.297 e. The van der Waals surface area contributed by atoms with Gasteiger partial charge in [0.1, 0.15) is 28.7 Å². The summed E-state index contributed by atoms with van der Waals surface area (Å²) in [4.78, 5) is 11.8. The molecule has 3 heterocycles. The highest BCUT2D eigenvalue weighted by Crippen LogP contribution is 2.34. The van der Waals surface area contributed by atoms with E-state index in [1.165, 1.54) is 24.3 Å².